The zero-order valence-corrected chi connectivity index (χ0v) is 31.2. The summed E-state index contributed by atoms with van der Waals surface area (Å²) in [5.74, 6) is 0.571. The molecule has 0 unspecified atom stereocenters. The molecular formula is C37H42N4O9S2. The minimum atomic E-state index is -4.02. The number of rotatable bonds is 7. The van der Waals surface area contributed by atoms with E-state index in [0.717, 1.165) is 16.7 Å². The van der Waals surface area contributed by atoms with Crippen molar-refractivity contribution in [3.05, 3.63) is 132 Å². The van der Waals surface area contributed by atoms with Gasteiger partial charge in [-0.2, -0.15) is 16.8 Å². The van der Waals surface area contributed by atoms with Crippen LogP contribution in [0.15, 0.2) is 120 Å². The number of aromatic hydroxyl groups is 1. The predicted octanol–water partition coefficient (Wildman–Crippen LogP) is 7.21. The fourth-order valence-electron chi connectivity index (χ4n) is 4.46. The SMILES string of the molecule is COc1cc(NC(=O)N(Cc2ccncc2)c2cccnc2)c(O)c(C(C)(C)C)c1.Cc1ccc(S(=O)(=O)O)cc1.Cc1ccc(S(=O)(=O)O)cc1. The molecule has 5 aromatic rings. The lowest BCUT2D eigenvalue weighted by atomic mass is 9.85. The van der Waals surface area contributed by atoms with E-state index >= 15 is 0 Å². The Morgan fingerprint density at radius 1 is 0.788 bits per heavy atom. The zero-order valence-electron chi connectivity index (χ0n) is 29.5. The number of amides is 2. The normalized spacial score (nSPS) is 11.2. The molecule has 2 heterocycles. The summed E-state index contributed by atoms with van der Waals surface area (Å²) >= 11 is 0. The number of hydrogen-bond donors (Lipinski definition) is 4. The van der Waals surface area contributed by atoms with Crippen molar-refractivity contribution in [2.45, 2.75) is 56.4 Å². The number of hydrogen-bond acceptors (Lipinski definition) is 9. The van der Waals surface area contributed by atoms with Crippen molar-refractivity contribution in [3.63, 3.8) is 0 Å². The minimum Gasteiger partial charge on any atom is -0.505 e. The Bertz CT molecular complexity index is 2070. The van der Waals surface area contributed by atoms with Crippen LogP contribution in [0.2, 0.25) is 0 Å². The lowest BCUT2D eigenvalue weighted by Crippen LogP contribution is -2.34. The number of urea groups is 1. The number of benzene rings is 3. The second-order valence-electron chi connectivity index (χ2n) is 12.5. The molecule has 2 amide bonds. The van der Waals surface area contributed by atoms with Crippen molar-refractivity contribution >= 4 is 37.6 Å². The van der Waals surface area contributed by atoms with Crippen molar-refractivity contribution in [1.82, 2.24) is 9.97 Å². The van der Waals surface area contributed by atoms with Crippen LogP contribution in [0.25, 0.3) is 0 Å². The van der Waals surface area contributed by atoms with Gasteiger partial charge < -0.3 is 15.2 Å². The van der Waals surface area contributed by atoms with E-state index in [1.165, 1.54) is 24.3 Å². The van der Waals surface area contributed by atoms with Crippen LogP contribution in [0.3, 0.4) is 0 Å². The fourth-order valence-corrected chi connectivity index (χ4v) is 5.42. The van der Waals surface area contributed by atoms with Crippen LogP contribution in [-0.4, -0.2) is 54.2 Å². The van der Waals surface area contributed by atoms with Gasteiger partial charge in [0.1, 0.15) is 11.5 Å². The van der Waals surface area contributed by atoms with Gasteiger partial charge in [0.05, 0.1) is 41.0 Å². The van der Waals surface area contributed by atoms with Crippen LogP contribution in [0.1, 0.15) is 43.0 Å². The molecule has 0 atom stereocenters. The van der Waals surface area contributed by atoms with Crippen molar-refractivity contribution in [2.24, 2.45) is 0 Å². The largest absolute Gasteiger partial charge is 0.505 e. The average Bonchev–Trinajstić information content (AvgIpc) is 3.08. The van der Waals surface area contributed by atoms with E-state index in [-0.39, 0.29) is 26.6 Å². The molecule has 52 heavy (non-hydrogen) atoms. The van der Waals surface area contributed by atoms with Crippen molar-refractivity contribution < 1.29 is 40.6 Å². The van der Waals surface area contributed by atoms with E-state index < -0.39 is 26.3 Å². The molecule has 0 aliphatic heterocycles. The molecular weight excluding hydrogens is 709 g/mol. The van der Waals surface area contributed by atoms with Gasteiger partial charge in [-0.15, -0.1) is 0 Å². The number of methoxy groups -OCH3 is 1. The molecule has 0 aliphatic rings. The third-order valence-corrected chi connectivity index (χ3v) is 9.03. The number of phenolic OH excluding ortho intramolecular Hbond substituents is 1. The third-order valence-electron chi connectivity index (χ3n) is 7.30. The molecule has 0 spiro atoms. The van der Waals surface area contributed by atoms with E-state index in [9.17, 15) is 26.7 Å². The highest BCUT2D eigenvalue weighted by Crippen LogP contribution is 2.40. The second-order valence-corrected chi connectivity index (χ2v) is 15.3. The van der Waals surface area contributed by atoms with E-state index in [2.05, 4.69) is 15.3 Å². The van der Waals surface area contributed by atoms with Gasteiger partial charge in [0.15, 0.2) is 0 Å². The maximum atomic E-state index is 13.2. The zero-order chi connectivity index (χ0) is 38.7. The Balaban J connectivity index is 0.000000269. The molecule has 0 saturated heterocycles. The molecule has 13 nitrogen and oxygen atoms in total. The molecule has 0 bridgehead atoms. The summed E-state index contributed by atoms with van der Waals surface area (Å²) < 4.78 is 64.5. The van der Waals surface area contributed by atoms with Gasteiger partial charge in [0.25, 0.3) is 20.2 Å². The van der Waals surface area contributed by atoms with E-state index in [0.29, 0.717) is 23.5 Å². The van der Waals surface area contributed by atoms with Crippen LogP contribution in [0.4, 0.5) is 16.2 Å². The number of ether oxygens (including phenoxy) is 1. The second kappa shape index (κ2) is 17.7. The Morgan fingerprint density at radius 3 is 1.73 bits per heavy atom. The summed E-state index contributed by atoms with van der Waals surface area (Å²) in [6, 6.07) is 22.2. The Labute approximate surface area is 304 Å². The van der Waals surface area contributed by atoms with Gasteiger partial charge in [-0.1, -0.05) is 56.2 Å². The van der Waals surface area contributed by atoms with Crippen molar-refractivity contribution in [2.75, 3.05) is 17.3 Å². The average molecular weight is 751 g/mol. The maximum absolute atomic E-state index is 13.2. The maximum Gasteiger partial charge on any atom is 0.326 e. The molecule has 0 fully saturated rings. The first-order valence-corrected chi connectivity index (χ1v) is 18.5. The van der Waals surface area contributed by atoms with Gasteiger partial charge in [-0.05, 0) is 79.4 Å². The Kier molecular flexibility index (Phi) is 14.0. The van der Waals surface area contributed by atoms with Gasteiger partial charge in [0.2, 0.25) is 0 Å². The van der Waals surface area contributed by atoms with E-state index in [1.807, 2.05) is 46.8 Å². The fraction of sp³-hybridized carbons (Fsp3) is 0.216. The van der Waals surface area contributed by atoms with Crippen LogP contribution < -0.4 is 15.0 Å². The topological polar surface area (TPSA) is 196 Å². The first kappa shape index (κ1) is 41.1. The number of aromatic nitrogens is 2. The van der Waals surface area contributed by atoms with Crippen LogP contribution in [0, 0.1) is 13.8 Å². The predicted molar refractivity (Wildman–Crippen MR) is 199 cm³/mol. The Hall–Kier alpha value is -5.35. The highest BCUT2D eigenvalue weighted by molar-refractivity contribution is 7.86. The Morgan fingerprint density at radius 2 is 1.31 bits per heavy atom. The molecule has 15 heteroatoms. The van der Waals surface area contributed by atoms with E-state index in [4.69, 9.17) is 13.8 Å². The number of phenols is 1. The molecule has 0 radical (unpaired) electrons. The minimum absolute atomic E-state index is 0.0201. The van der Waals surface area contributed by atoms with Crippen molar-refractivity contribution in [1.29, 1.82) is 0 Å². The number of pyridine rings is 2. The molecule has 0 aliphatic carbocycles. The molecule has 2 aromatic heterocycles. The molecule has 4 N–H and O–H groups in total. The number of anilines is 2. The summed E-state index contributed by atoms with van der Waals surface area (Å²) in [7, 11) is -6.49. The van der Waals surface area contributed by atoms with Crippen molar-refractivity contribution in [3.8, 4) is 11.5 Å². The molecule has 276 valence electrons. The number of nitrogens with one attached hydrogen (secondary N) is 1. The van der Waals surface area contributed by atoms with Crippen LogP contribution in [-0.2, 0) is 32.2 Å². The van der Waals surface area contributed by atoms with Gasteiger partial charge in [-0.3, -0.25) is 24.0 Å². The highest BCUT2D eigenvalue weighted by Gasteiger charge is 2.24. The molecule has 0 saturated carbocycles. The highest BCUT2D eigenvalue weighted by atomic mass is 32.2. The lowest BCUT2D eigenvalue weighted by molar-refractivity contribution is 0.256. The lowest BCUT2D eigenvalue weighted by Gasteiger charge is -2.26. The van der Waals surface area contributed by atoms with Gasteiger partial charge in [-0.25, -0.2) is 4.79 Å². The quantitative estimate of drug-likeness (QED) is 0.0969. The monoisotopic (exact) mass is 750 g/mol. The summed E-state index contributed by atoms with van der Waals surface area (Å²) in [6.07, 6.45) is 6.62. The summed E-state index contributed by atoms with van der Waals surface area (Å²) in [4.78, 5) is 22.8. The summed E-state index contributed by atoms with van der Waals surface area (Å²) in [5, 5.41) is 13.7. The standard InChI is InChI=1S/C23H26N4O3.2C7H8O3S/c1-23(2,3)19-12-18(30-4)13-20(21(19)28)26-22(29)27(17-6-5-9-25-14-17)15-16-7-10-24-11-8-16;2*1-6-2-4-7(5-3-6)11(8,9)10/h5-14,28H,15H2,1-4H3,(H,26,29);2*2-5H,1H3,(H,8,9,10). The number of carbonyl (C=O) groups is 1. The number of carbonyl (C=O) groups excluding carboxylic acids is 1. The summed E-state index contributed by atoms with van der Waals surface area (Å²) in [6.45, 7) is 9.95. The van der Waals surface area contributed by atoms with Crippen LogP contribution >= 0.6 is 0 Å². The third kappa shape index (κ3) is 12.5. The van der Waals surface area contributed by atoms with Gasteiger partial charge in [0, 0.05) is 30.2 Å². The number of nitrogens with zero attached hydrogens (tertiary/aromatic N) is 3. The smallest absolute Gasteiger partial charge is 0.326 e. The van der Waals surface area contributed by atoms with Gasteiger partial charge >= 0.3 is 6.03 Å². The summed E-state index contributed by atoms with van der Waals surface area (Å²) in [5.41, 5.74) is 4.08. The molecule has 5 rings (SSSR count). The first-order chi connectivity index (χ1) is 24.3. The van der Waals surface area contributed by atoms with E-state index in [1.54, 1.807) is 85.3 Å². The molecule has 3 aromatic carbocycles. The van der Waals surface area contributed by atoms with Crippen LogP contribution in [0.5, 0.6) is 11.5 Å². The first-order valence-electron chi connectivity index (χ1n) is 15.7. The number of aryl methyl sites for hydroxylation is 2.